The zero-order valence-electron chi connectivity index (χ0n) is 17.2. The third-order valence-corrected chi connectivity index (χ3v) is 5.61. The monoisotopic (exact) mass is 438 g/mol. The Bertz CT molecular complexity index is 1530. The van der Waals surface area contributed by atoms with Gasteiger partial charge < -0.3 is 19.0 Å². The van der Waals surface area contributed by atoms with Gasteiger partial charge in [-0.05, 0) is 12.1 Å². The average molecular weight is 438 g/mol. The Morgan fingerprint density at radius 3 is 2.75 bits per heavy atom. The van der Waals surface area contributed by atoms with E-state index >= 15 is 0 Å². The van der Waals surface area contributed by atoms with Crippen LogP contribution >= 0.6 is 0 Å². The largest absolute Gasteiger partial charge is 0.339 e. The normalized spacial score (nSPS) is 14.1. The maximum absolute atomic E-state index is 12.7. The fourth-order valence-corrected chi connectivity index (χ4v) is 3.71. The van der Waals surface area contributed by atoms with Gasteiger partial charge in [0.2, 0.25) is 17.6 Å². The summed E-state index contributed by atoms with van der Waals surface area (Å²) in [6.45, 7) is 0.647. The third-order valence-electron chi connectivity index (χ3n) is 5.61. The molecule has 0 aliphatic carbocycles. The summed E-state index contributed by atoms with van der Waals surface area (Å²) in [6.07, 6.45) is 2.89. The maximum Gasteiger partial charge on any atom is 0.332 e. The van der Waals surface area contributed by atoms with E-state index in [1.165, 1.54) is 35.8 Å². The maximum atomic E-state index is 12.7. The lowest BCUT2D eigenvalue weighted by atomic mass is 10.00. The van der Waals surface area contributed by atoms with Crippen LogP contribution in [0.1, 0.15) is 11.8 Å². The van der Waals surface area contributed by atoms with Crippen LogP contribution in [0.4, 0.5) is 0 Å². The topological polar surface area (TPSA) is 154 Å². The number of aryl methyl sites for hydroxylation is 1. The second-order valence-electron chi connectivity index (χ2n) is 7.62. The highest BCUT2D eigenvalue weighted by atomic mass is 16.5. The first-order valence-electron chi connectivity index (χ1n) is 9.75. The number of hydrogen-bond acceptors (Lipinski definition) is 8. The zero-order valence-corrected chi connectivity index (χ0v) is 17.2. The number of aromatic nitrogens is 7. The van der Waals surface area contributed by atoms with E-state index in [0.29, 0.717) is 24.5 Å². The molecule has 1 aliphatic rings. The van der Waals surface area contributed by atoms with E-state index in [-0.39, 0.29) is 40.9 Å². The number of imidazole rings is 1. The smallest absolute Gasteiger partial charge is 0.332 e. The van der Waals surface area contributed by atoms with E-state index < -0.39 is 11.2 Å². The quantitative estimate of drug-likeness (QED) is 0.417. The molecule has 5 heterocycles. The Hall–Kier alpha value is -4.29. The molecule has 164 valence electrons. The Morgan fingerprint density at radius 2 is 2.00 bits per heavy atom. The number of hydrogen-bond donors (Lipinski definition) is 1. The van der Waals surface area contributed by atoms with Crippen LogP contribution in [0, 0.1) is 0 Å². The van der Waals surface area contributed by atoms with Gasteiger partial charge in [0.1, 0.15) is 6.54 Å². The minimum absolute atomic E-state index is 0.0921. The van der Waals surface area contributed by atoms with E-state index in [1.807, 2.05) is 0 Å². The summed E-state index contributed by atoms with van der Waals surface area (Å²) in [7, 11) is 2.90. The van der Waals surface area contributed by atoms with E-state index in [9.17, 15) is 19.2 Å². The molecule has 1 amide bonds. The van der Waals surface area contributed by atoms with Crippen molar-refractivity contribution in [3.05, 3.63) is 61.7 Å². The number of amides is 1. The number of carbonyl (C=O) groups excluding carboxylic acids is 1. The highest BCUT2D eigenvalue weighted by molar-refractivity contribution is 5.79. The number of pyridine rings is 1. The number of likely N-dealkylation sites (tertiary alicyclic amines) is 1. The van der Waals surface area contributed by atoms with Crippen LogP contribution in [0.25, 0.3) is 22.6 Å². The second kappa shape index (κ2) is 7.14. The van der Waals surface area contributed by atoms with Crippen LogP contribution in [0.2, 0.25) is 0 Å². The predicted octanol–water partition coefficient (Wildman–Crippen LogP) is -1.20. The average Bonchev–Trinajstić information content (AvgIpc) is 3.38. The second-order valence-corrected chi connectivity index (χ2v) is 7.62. The number of aromatic amines is 1. The van der Waals surface area contributed by atoms with Crippen LogP contribution in [-0.2, 0) is 25.4 Å². The van der Waals surface area contributed by atoms with Crippen molar-refractivity contribution in [3.8, 4) is 11.4 Å². The molecule has 0 unspecified atom stereocenters. The highest BCUT2D eigenvalue weighted by Gasteiger charge is 2.36. The molecule has 1 N–H and O–H groups in total. The van der Waals surface area contributed by atoms with Crippen molar-refractivity contribution in [1.82, 2.24) is 38.7 Å². The summed E-state index contributed by atoms with van der Waals surface area (Å²) in [5.41, 5.74) is -0.597. The molecule has 0 saturated carbocycles. The van der Waals surface area contributed by atoms with E-state index in [1.54, 1.807) is 17.0 Å². The molecular formula is C19H18N8O5. The summed E-state index contributed by atoms with van der Waals surface area (Å²) in [4.78, 5) is 61.7. The van der Waals surface area contributed by atoms with Crippen molar-refractivity contribution in [2.75, 3.05) is 13.1 Å². The zero-order chi connectivity index (χ0) is 22.6. The first kappa shape index (κ1) is 19.7. The molecule has 0 spiro atoms. The number of H-pyrrole nitrogens is 1. The van der Waals surface area contributed by atoms with Gasteiger partial charge in [-0.3, -0.25) is 23.5 Å². The summed E-state index contributed by atoms with van der Waals surface area (Å²) in [5.74, 6) is 0.189. The molecule has 5 rings (SSSR count). The SMILES string of the molecule is Cn1c(=O)c2c(ncn2CC(=O)N2CC(c3nc(-c4ccc[nH]c4=O)no3)C2)n(C)c1=O. The van der Waals surface area contributed by atoms with Gasteiger partial charge >= 0.3 is 5.69 Å². The molecule has 32 heavy (non-hydrogen) atoms. The molecule has 0 atom stereocenters. The number of nitrogens with zero attached hydrogens (tertiary/aromatic N) is 7. The molecule has 1 fully saturated rings. The standard InChI is InChI=1S/C19H18N8O5/c1-24-15-13(18(30)25(2)19(24)31)27(9-21-15)8-12(28)26-6-10(7-26)17-22-14(23-32-17)11-4-3-5-20-16(11)29/h3-5,9-10H,6-8H2,1-2H3,(H,20,29). The van der Waals surface area contributed by atoms with Gasteiger partial charge in [0, 0.05) is 33.4 Å². The molecule has 0 aromatic carbocycles. The Morgan fingerprint density at radius 1 is 1.22 bits per heavy atom. The van der Waals surface area contributed by atoms with Crippen molar-refractivity contribution in [2.24, 2.45) is 14.1 Å². The fraction of sp³-hybridized carbons (Fsp3) is 0.316. The van der Waals surface area contributed by atoms with Crippen molar-refractivity contribution in [2.45, 2.75) is 12.5 Å². The molecule has 4 aromatic rings. The van der Waals surface area contributed by atoms with Gasteiger partial charge in [-0.25, -0.2) is 9.78 Å². The van der Waals surface area contributed by atoms with Gasteiger partial charge in [-0.1, -0.05) is 5.16 Å². The number of nitrogens with one attached hydrogen (secondary N) is 1. The first-order chi connectivity index (χ1) is 15.3. The van der Waals surface area contributed by atoms with Crippen LogP contribution in [0.5, 0.6) is 0 Å². The van der Waals surface area contributed by atoms with Crippen LogP contribution < -0.4 is 16.8 Å². The lowest BCUT2D eigenvalue weighted by Crippen LogP contribution is -2.49. The molecule has 1 saturated heterocycles. The Balaban J connectivity index is 1.30. The lowest BCUT2D eigenvalue weighted by molar-refractivity contribution is -0.136. The van der Waals surface area contributed by atoms with E-state index in [4.69, 9.17) is 4.52 Å². The van der Waals surface area contributed by atoms with Gasteiger partial charge in [0.05, 0.1) is 17.8 Å². The van der Waals surface area contributed by atoms with Crippen molar-refractivity contribution in [3.63, 3.8) is 0 Å². The Kier molecular flexibility index (Phi) is 4.39. The minimum Gasteiger partial charge on any atom is -0.339 e. The molecule has 0 radical (unpaired) electrons. The van der Waals surface area contributed by atoms with E-state index in [2.05, 4.69) is 20.1 Å². The van der Waals surface area contributed by atoms with Crippen molar-refractivity contribution < 1.29 is 9.32 Å². The predicted molar refractivity (Wildman–Crippen MR) is 110 cm³/mol. The molecular weight excluding hydrogens is 420 g/mol. The van der Waals surface area contributed by atoms with Gasteiger partial charge in [-0.2, -0.15) is 4.98 Å². The number of carbonyl (C=O) groups is 1. The number of rotatable bonds is 4. The lowest BCUT2D eigenvalue weighted by Gasteiger charge is -2.37. The van der Waals surface area contributed by atoms with Crippen molar-refractivity contribution >= 4 is 17.1 Å². The van der Waals surface area contributed by atoms with Gasteiger partial charge in [0.15, 0.2) is 11.2 Å². The summed E-state index contributed by atoms with van der Waals surface area (Å²) in [6, 6.07) is 3.26. The summed E-state index contributed by atoms with van der Waals surface area (Å²) in [5, 5.41) is 3.86. The summed E-state index contributed by atoms with van der Waals surface area (Å²) < 4.78 is 8.97. The molecule has 13 nitrogen and oxygen atoms in total. The molecule has 13 heteroatoms. The van der Waals surface area contributed by atoms with Crippen LogP contribution in [0.3, 0.4) is 0 Å². The Labute approximate surface area is 178 Å². The molecule has 1 aliphatic heterocycles. The third kappa shape index (κ3) is 2.97. The first-order valence-corrected chi connectivity index (χ1v) is 9.75. The van der Waals surface area contributed by atoms with Gasteiger partial charge in [0.25, 0.3) is 11.1 Å². The highest BCUT2D eigenvalue weighted by Crippen LogP contribution is 2.27. The number of fused-ring (bicyclic) bond motifs is 1. The molecule has 4 aromatic heterocycles. The molecule has 0 bridgehead atoms. The summed E-state index contributed by atoms with van der Waals surface area (Å²) >= 11 is 0. The van der Waals surface area contributed by atoms with Crippen LogP contribution in [0.15, 0.2) is 43.6 Å². The fourth-order valence-electron chi connectivity index (χ4n) is 3.71. The van der Waals surface area contributed by atoms with E-state index in [0.717, 1.165) is 4.57 Å². The minimum atomic E-state index is -0.510. The van der Waals surface area contributed by atoms with Gasteiger partial charge in [-0.15, -0.1) is 0 Å². The van der Waals surface area contributed by atoms with Crippen molar-refractivity contribution in [1.29, 1.82) is 0 Å². The van der Waals surface area contributed by atoms with Crippen LogP contribution in [-0.4, -0.2) is 57.7 Å².